The van der Waals surface area contributed by atoms with Crippen LogP contribution in [0, 0.1) is 0 Å². The van der Waals surface area contributed by atoms with Gasteiger partial charge in [0.15, 0.2) is 11.5 Å². The molecule has 0 saturated heterocycles. The van der Waals surface area contributed by atoms with Crippen molar-refractivity contribution in [1.82, 2.24) is 19.5 Å². The molecule has 7 nitrogen and oxygen atoms in total. The van der Waals surface area contributed by atoms with Crippen molar-refractivity contribution in [2.45, 2.75) is 6.54 Å². The summed E-state index contributed by atoms with van der Waals surface area (Å²) in [7, 11) is 0. The average Bonchev–Trinajstić information content (AvgIpc) is 2.40. The fraction of sp³-hybridized carbons (Fsp3) is 0.167. The Kier molecular flexibility index (Phi) is 2.60. The second kappa shape index (κ2) is 4.29. The second-order valence-corrected chi connectivity index (χ2v) is 4.02. The molecule has 2 N–H and O–H groups in total. The molecule has 0 atom stereocenters. The first kappa shape index (κ1) is 11.5. The molecule has 2 aliphatic rings. The quantitative estimate of drug-likeness (QED) is 0.608. The molecular weight excluding hydrogens is 248 g/mol. The van der Waals surface area contributed by atoms with Crippen LogP contribution in [-0.2, 0) is 6.54 Å². The first-order valence-electron chi connectivity index (χ1n) is 5.71. The van der Waals surface area contributed by atoms with E-state index in [0.29, 0.717) is 11.0 Å². The summed E-state index contributed by atoms with van der Waals surface area (Å²) in [6.45, 7) is 0.103. The summed E-state index contributed by atoms with van der Waals surface area (Å²) in [5.41, 5.74) is 0.108. The monoisotopic (exact) mass is 258 g/mol. The topological polar surface area (TPSA) is 101 Å². The molecule has 19 heavy (non-hydrogen) atoms. The molecule has 1 aromatic carbocycles. The van der Waals surface area contributed by atoms with Crippen molar-refractivity contribution in [2.24, 2.45) is 0 Å². The summed E-state index contributed by atoms with van der Waals surface area (Å²) >= 11 is 0. The highest BCUT2D eigenvalue weighted by molar-refractivity contribution is 5.79. The van der Waals surface area contributed by atoms with E-state index in [1.54, 1.807) is 22.8 Å². The van der Waals surface area contributed by atoms with Crippen molar-refractivity contribution in [1.29, 1.82) is 0 Å². The van der Waals surface area contributed by atoms with E-state index in [2.05, 4.69) is 15.0 Å². The van der Waals surface area contributed by atoms with Crippen molar-refractivity contribution in [3.8, 4) is 11.5 Å². The number of nitrogens with one attached hydrogen (secondary N) is 1. The first-order chi connectivity index (χ1) is 9.20. The molecule has 96 valence electrons. The second-order valence-electron chi connectivity index (χ2n) is 4.02. The molecule has 0 saturated carbocycles. The SMILES string of the molecule is O=c1nc2n(CCO)c3ccccc3nc-2c(=O)[nH]1. The van der Waals surface area contributed by atoms with Crippen LogP contribution in [0.2, 0.25) is 0 Å². The third kappa shape index (κ3) is 1.80. The lowest BCUT2D eigenvalue weighted by Crippen LogP contribution is -2.29. The van der Waals surface area contributed by atoms with Gasteiger partial charge in [-0.05, 0) is 12.1 Å². The fourth-order valence-corrected chi connectivity index (χ4v) is 2.07. The zero-order chi connectivity index (χ0) is 13.4. The van der Waals surface area contributed by atoms with Gasteiger partial charge in [0.05, 0.1) is 17.6 Å². The number of hydrogen-bond acceptors (Lipinski definition) is 5. The Morgan fingerprint density at radius 1 is 1.21 bits per heavy atom. The molecule has 0 bridgehead atoms. The average molecular weight is 258 g/mol. The standard InChI is InChI=1S/C12H10N4O3/c17-6-5-16-8-4-2-1-3-7(8)13-9-10(16)14-12(19)15-11(9)18/h1-4,17H,5-6H2,(H,15,18,19). The molecule has 3 rings (SSSR count). The number of aromatic nitrogens is 4. The number of aromatic amines is 1. The third-order valence-electron chi connectivity index (χ3n) is 2.84. The highest BCUT2D eigenvalue weighted by atomic mass is 16.3. The minimum atomic E-state index is -0.721. The molecule has 1 aromatic rings. The van der Waals surface area contributed by atoms with Crippen LogP contribution in [0.5, 0.6) is 0 Å². The van der Waals surface area contributed by atoms with Crippen molar-refractivity contribution in [3.05, 3.63) is 45.1 Å². The number of hydrogen-bond donors (Lipinski definition) is 2. The predicted octanol–water partition coefficient (Wildman–Crippen LogP) is -0.423. The van der Waals surface area contributed by atoms with Crippen LogP contribution < -0.4 is 11.2 Å². The highest BCUT2D eigenvalue weighted by Crippen LogP contribution is 2.19. The third-order valence-corrected chi connectivity index (χ3v) is 2.84. The van der Waals surface area contributed by atoms with E-state index < -0.39 is 11.2 Å². The van der Waals surface area contributed by atoms with Crippen molar-refractivity contribution in [3.63, 3.8) is 0 Å². The lowest BCUT2D eigenvalue weighted by atomic mass is 10.2. The summed E-state index contributed by atoms with van der Waals surface area (Å²) < 4.78 is 1.62. The van der Waals surface area contributed by atoms with Crippen molar-refractivity contribution < 1.29 is 5.11 Å². The van der Waals surface area contributed by atoms with E-state index in [1.165, 1.54) is 0 Å². The minimum Gasteiger partial charge on any atom is -0.395 e. The van der Waals surface area contributed by atoms with Crippen LogP contribution in [0.15, 0.2) is 33.9 Å². The van der Waals surface area contributed by atoms with E-state index in [4.69, 9.17) is 5.11 Å². The summed E-state index contributed by atoms with van der Waals surface area (Å²) in [6.07, 6.45) is 0. The van der Waals surface area contributed by atoms with Crippen LogP contribution in [0.3, 0.4) is 0 Å². The maximum Gasteiger partial charge on any atom is 0.349 e. The van der Waals surface area contributed by atoms with Gasteiger partial charge in [-0.3, -0.25) is 9.78 Å². The molecule has 0 radical (unpaired) electrons. The van der Waals surface area contributed by atoms with Crippen LogP contribution in [0.25, 0.3) is 22.6 Å². The van der Waals surface area contributed by atoms with E-state index in [9.17, 15) is 9.59 Å². The molecule has 0 fully saturated rings. The number of nitrogens with zero attached hydrogens (tertiary/aromatic N) is 3. The van der Waals surface area contributed by atoms with Crippen LogP contribution in [0.1, 0.15) is 0 Å². The van der Waals surface area contributed by atoms with E-state index in [0.717, 1.165) is 0 Å². The van der Waals surface area contributed by atoms with Gasteiger partial charge in [-0.15, -0.1) is 0 Å². The number of fused-ring (bicyclic) bond motifs is 2. The number of benzene rings is 1. The van der Waals surface area contributed by atoms with Crippen molar-refractivity contribution >= 4 is 11.0 Å². The van der Waals surface area contributed by atoms with E-state index >= 15 is 0 Å². The van der Waals surface area contributed by atoms with E-state index in [-0.39, 0.29) is 24.7 Å². The molecule has 2 heterocycles. The summed E-state index contributed by atoms with van der Waals surface area (Å²) in [4.78, 5) is 33.2. The van der Waals surface area contributed by atoms with Crippen LogP contribution >= 0.6 is 0 Å². The number of aliphatic hydroxyl groups is 1. The molecule has 0 spiro atoms. The van der Waals surface area contributed by atoms with Crippen LogP contribution in [-0.4, -0.2) is 31.2 Å². The Morgan fingerprint density at radius 2 is 2.00 bits per heavy atom. The fourth-order valence-electron chi connectivity index (χ4n) is 2.07. The van der Waals surface area contributed by atoms with Gasteiger partial charge in [0.2, 0.25) is 0 Å². The molecule has 2 aliphatic heterocycles. The smallest absolute Gasteiger partial charge is 0.349 e. The Labute approximate surface area is 106 Å². The number of para-hydroxylation sites is 2. The summed E-state index contributed by atoms with van der Waals surface area (Å²) in [5, 5.41) is 9.14. The predicted molar refractivity (Wildman–Crippen MR) is 68.1 cm³/mol. The number of aliphatic hydroxyl groups excluding tert-OH is 1. The largest absolute Gasteiger partial charge is 0.395 e. The lowest BCUT2D eigenvalue weighted by Gasteiger charge is -2.15. The highest BCUT2D eigenvalue weighted by Gasteiger charge is 2.17. The van der Waals surface area contributed by atoms with Gasteiger partial charge >= 0.3 is 5.69 Å². The maximum atomic E-state index is 11.8. The van der Waals surface area contributed by atoms with E-state index in [1.807, 2.05) is 6.07 Å². The zero-order valence-corrected chi connectivity index (χ0v) is 9.83. The summed E-state index contributed by atoms with van der Waals surface area (Å²) in [5.74, 6) is 0.182. The number of rotatable bonds is 2. The van der Waals surface area contributed by atoms with Gasteiger partial charge in [-0.2, -0.15) is 4.98 Å². The normalized spacial score (nSPS) is 11.2. The molecule has 0 aliphatic carbocycles. The Bertz CT molecular complexity index is 836. The van der Waals surface area contributed by atoms with Gasteiger partial charge in [-0.25, -0.2) is 9.78 Å². The Balaban J connectivity index is 2.54. The minimum absolute atomic E-state index is 0.0896. The van der Waals surface area contributed by atoms with Gasteiger partial charge < -0.3 is 9.67 Å². The Hall–Kier alpha value is -2.54. The zero-order valence-electron chi connectivity index (χ0n) is 9.83. The lowest BCUT2D eigenvalue weighted by molar-refractivity contribution is 0.278. The van der Waals surface area contributed by atoms with Gasteiger partial charge in [-0.1, -0.05) is 12.1 Å². The van der Waals surface area contributed by atoms with Gasteiger partial charge in [0.1, 0.15) is 0 Å². The Morgan fingerprint density at radius 3 is 2.79 bits per heavy atom. The molecule has 0 unspecified atom stereocenters. The maximum absolute atomic E-state index is 11.8. The molecular formula is C12H10N4O3. The first-order valence-corrected chi connectivity index (χ1v) is 5.71. The van der Waals surface area contributed by atoms with Crippen LogP contribution in [0.4, 0.5) is 0 Å². The number of H-pyrrole nitrogens is 1. The molecule has 0 amide bonds. The summed E-state index contributed by atoms with van der Waals surface area (Å²) in [6, 6.07) is 7.17. The molecule has 0 aromatic heterocycles. The van der Waals surface area contributed by atoms with Gasteiger partial charge in [0, 0.05) is 6.54 Å². The van der Waals surface area contributed by atoms with Crippen molar-refractivity contribution in [2.75, 3.05) is 6.61 Å². The molecule has 7 heteroatoms. The van der Waals surface area contributed by atoms with Gasteiger partial charge in [0.25, 0.3) is 5.56 Å².